The van der Waals surface area contributed by atoms with Gasteiger partial charge < -0.3 is 22.6 Å². The molecule has 1 saturated heterocycles. The molecule has 0 atom stereocenters. The third-order valence-electron chi connectivity index (χ3n) is 3.53. The van der Waals surface area contributed by atoms with Crippen LogP contribution in [0.4, 0.5) is 12.9 Å². The van der Waals surface area contributed by atoms with E-state index in [1.807, 2.05) is 0 Å². The van der Waals surface area contributed by atoms with Crippen LogP contribution < -0.4 is 61.6 Å². The van der Waals surface area contributed by atoms with Crippen LogP contribution in [0.3, 0.4) is 0 Å². The Bertz CT molecular complexity index is 422. The Hall–Kier alpha value is 0.431. The molecular weight excluding hydrogens is 307 g/mol. The van der Waals surface area contributed by atoms with Crippen LogP contribution >= 0.6 is 0 Å². The van der Waals surface area contributed by atoms with E-state index in [4.69, 9.17) is 4.74 Å². The van der Waals surface area contributed by atoms with Crippen LogP contribution in [-0.4, -0.2) is 63.2 Å². The molecule has 0 aliphatic carbocycles. The zero-order valence-electron chi connectivity index (χ0n) is 12.6. The van der Waals surface area contributed by atoms with Gasteiger partial charge in [0.25, 0.3) is 0 Å². The molecule has 21 heavy (non-hydrogen) atoms. The monoisotopic (exact) mass is 326 g/mol. The van der Waals surface area contributed by atoms with Crippen molar-refractivity contribution < 1.29 is 69.1 Å². The Morgan fingerprint density at radius 1 is 1.05 bits per heavy atom. The predicted molar refractivity (Wildman–Crippen MR) is 74.6 cm³/mol. The van der Waals surface area contributed by atoms with Crippen LogP contribution in [0.25, 0.3) is 0 Å². The molecule has 2 rings (SSSR count). The van der Waals surface area contributed by atoms with E-state index in [1.165, 1.54) is 12.1 Å². The number of halogens is 3. The fourth-order valence-electron chi connectivity index (χ4n) is 2.15. The Morgan fingerprint density at radius 3 is 2.14 bits per heavy atom. The zero-order valence-corrected chi connectivity index (χ0v) is 15.7. The van der Waals surface area contributed by atoms with Gasteiger partial charge >= 0.3 is 58.4 Å². The standard InChI is InChI=1S/C13H19BF3N2O.K/c1-18-6-8-19(9-7-18)10-11-20-13-4-2-12(3-5-13)14(15,16)17;/h2-5H,6-11H2,1H3;/q-1;+1. The second-order valence-corrected chi connectivity index (χ2v) is 5.14. The van der Waals surface area contributed by atoms with E-state index < -0.39 is 12.4 Å². The molecule has 112 valence electrons. The van der Waals surface area contributed by atoms with Gasteiger partial charge in [-0.2, -0.15) is 0 Å². The summed E-state index contributed by atoms with van der Waals surface area (Å²) in [6.07, 6.45) is 0. The maximum atomic E-state index is 12.5. The van der Waals surface area contributed by atoms with Crippen molar-refractivity contribution in [2.45, 2.75) is 0 Å². The van der Waals surface area contributed by atoms with Crippen molar-refractivity contribution in [3.8, 4) is 5.75 Å². The molecule has 1 fully saturated rings. The summed E-state index contributed by atoms with van der Waals surface area (Å²) in [5.41, 5.74) is -0.587. The molecule has 0 radical (unpaired) electrons. The molecule has 0 bridgehead atoms. The molecule has 8 heteroatoms. The maximum Gasteiger partial charge on any atom is 1.00 e. The summed E-state index contributed by atoms with van der Waals surface area (Å²) in [5.74, 6) is 0.489. The largest absolute Gasteiger partial charge is 1.00 e. The predicted octanol–water partition coefficient (Wildman–Crippen LogP) is -1.63. The number of hydrogen-bond donors (Lipinski definition) is 0. The molecule has 1 aromatic carbocycles. The van der Waals surface area contributed by atoms with Crippen molar-refractivity contribution >= 4 is 12.4 Å². The molecule has 0 saturated carbocycles. The third kappa shape index (κ3) is 6.60. The van der Waals surface area contributed by atoms with Gasteiger partial charge in [-0.15, -0.1) is 5.46 Å². The molecule has 1 aliphatic heterocycles. The molecule has 1 aromatic rings. The zero-order chi connectivity index (χ0) is 14.6. The van der Waals surface area contributed by atoms with E-state index in [9.17, 15) is 12.9 Å². The maximum absolute atomic E-state index is 12.5. The van der Waals surface area contributed by atoms with Gasteiger partial charge in [-0.25, -0.2) is 0 Å². The normalized spacial score (nSPS) is 17.3. The van der Waals surface area contributed by atoms with Crippen LogP contribution in [-0.2, 0) is 0 Å². The molecule has 3 nitrogen and oxygen atoms in total. The van der Waals surface area contributed by atoms with Gasteiger partial charge in [0.05, 0.1) is 0 Å². The molecule has 0 unspecified atom stereocenters. The summed E-state index contributed by atoms with van der Waals surface area (Å²) < 4.78 is 42.9. The molecule has 1 heterocycles. The minimum absolute atomic E-state index is 0. The minimum atomic E-state index is -4.92. The van der Waals surface area contributed by atoms with Crippen LogP contribution in [0.15, 0.2) is 24.3 Å². The number of ether oxygens (including phenoxy) is 1. The van der Waals surface area contributed by atoms with Crippen molar-refractivity contribution in [1.82, 2.24) is 9.80 Å². The molecule has 0 spiro atoms. The number of hydrogen-bond acceptors (Lipinski definition) is 3. The molecule has 0 aromatic heterocycles. The SMILES string of the molecule is CN1CCN(CCOc2ccc([B-](F)(F)F)cc2)CC1.[K+]. The summed E-state index contributed by atoms with van der Waals surface area (Å²) in [6, 6.07) is 4.92. The van der Waals surface area contributed by atoms with Crippen molar-refractivity contribution in [1.29, 1.82) is 0 Å². The number of piperazine rings is 1. The summed E-state index contributed by atoms with van der Waals surface area (Å²) in [7, 11) is 2.09. The van der Waals surface area contributed by atoms with Gasteiger partial charge in [0.1, 0.15) is 12.4 Å². The molecule has 0 N–H and O–H groups in total. The Morgan fingerprint density at radius 2 is 1.62 bits per heavy atom. The van der Waals surface area contributed by atoms with Crippen LogP contribution in [0.5, 0.6) is 5.75 Å². The Balaban J connectivity index is 0.00000220. The second kappa shape index (κ2) is 8.91. The number of benzene rings is 1. The average molecular weight is 326 g/mol. The smallest absolute Gasteiger partial charge is 0.492 e. The summed E-state index contributed by atoms with van der Waals surface area (Å²) in [5, 5.41) is 0. The summed E-state index contributed by atoms with van der Waals surface area (Å²) in [6.45, 7) is 0.490. The Kier molecular flexibility index (Phi) is 8.26. The number of likely N-dealkylation sites (N-methyl/N-ethyl adjacent to an activating group) is 1. The second-order valence-electron chi connectivity index (χ2n) is 5.14. The minimum Gasteiger partial charge on any atom is -0.492 e. The van der Waals surface area contributed by atoms with E-state index in [1.54, 1.807) is 0 Å². The number of nitrogens with zero attached hydrogens (tertiary/aromatic N) is 2. The van der Waals surface area contributed by atoms with E-state index in [0.717, 1.165) is 44.9 Å². The van der Waals surface area contributed by atoms with E-state index in [2.05, 4.69) is 16.8 Å². The molecule has 1 aliphatic rings. The van der Waals surface area contributed by atoms with Gasteiger partial charge in [0.2, 0.25) is 0 Å². The van der Waals surface area contributed by atoms with Gasteiger partial charge in [-0.05, 0) is 19.2 Å². The van der Waals surface area contributed by atoms with E-state index in [0.29, 0.717) is 12.4 Å². The topological polar surface area (TPSA) is 15.7 Å². The van der Waals surface area contributed by atoms with Gasteiger partial charge in [0.15, 0.2) is 0 Å². The molecule has 0 amide bonds. The average Bonchev–Trinajstić information content (AvgIpc) is 2.41. The number of rotatable bonds is 5. The van der Waals surface area contributed by atoms with Crippen molar-refractivity contribution in [3.63, 3.8) is 0 Å². The first kappa shape index (κ1) is 19.5. The summed E-state index contributed by atoms with van der Waals surface area (Å²) in [4.78, 5) is 4.57. The van der Waals surface area contributed by atoms with Gasteiger partial charge in [-0.3, -0.25) is 4.90 Å². The van der Waals surface area contributed by atoms with Crippen molar-refractivity contribution in [2.24, 2.45) is 0 Å². The van der Waals surface area contributed by atoms with Crippen LogP contribution in [0.1, 0.15) is 0 Å². The quantitative estimate of drug-likeness (QED) is 0.605. The van der Waals surface area contributed by atoms with E-state index in [-0.39, 0.29) is 51.4 Å². The first-order chi connectivity index (χ1) is 9.45. The summed E-state index contributed by atoms with van der Waals surface area (Å²) >= 11 is 0. The fourth-order valence-corrected chi connectivity index (χ4v) is 2.15. The fraction of sp³-hybridized carbons (Fsp3) is 0.538. The first-order valence-corrected chi connectivity index (χ1v) is 6.79. The van der Waals surface area contributed by atoms with E-state index >= 15 is 0 Å². The van der Waals surface area contributed by atoms with Crippen LogP contribution in [0, 0.1) is 0 Å². The van der Waals surface area contributed by atoms with Crippen molar-refractivity contribution in [2.75, 3.05) is 46.4 Å². The van der Waals surface area contributed by atoms with Gasteiger partial charge in [0, 0.05) is 32.7 Å². The third-order valence-corrected chi connectivity index (χ3v) is 3.53. The molecular formula is C13H19BF3KN2O. The van der Waals surface area contributed by atoms with Gasteiger partial charge in [-0.1, -0.05) is 12.1 Å². The van der Waals surface area contributed by atoms with Crippen LogP contribution in [0.2, 0.25) is 0 Å². The Labute approximate surface area is 166 Å². The van der Waals surface area contributed by atoms with Crippen molar-refractivity contribution in [3.05, 3.63) is 24.3 Å². The first-order valence-electron chi connectivity index (χ1n) is 6.79.